The van der Waals surface area contributed by atoms with E-state index in [1.54, 1.807) is 0 Å². The molecule has 26 heavy (non-hydrogen) atoms. The first-order valence-corrected chi connectivity index (χ1v) is 10.9. The van der Waals surface area contributed by atoms with Gasteiger partial charge in [-0.1, -0.05) is 97.6 Å². The Labute approximate surface area is 165 Å². The fraction of sp³-hybridized carbons (Fsp3) is 0.957. The van der Waals surface area contributed by atoms with Crippen molar-refractivity contribution in [1.29, 1.82) is 0 Å². The zero-order valence-electron chi connectivity index (χ0n) is 19.2. The van der Waals surface area contributed by atoms with Crippen molar-refractivity contribution in [2.24, 2.45) is 10.8 Å². The van der Waals surface area contributed by atoms with Gasteiger partial charge in [-0.3, -0.25) is 4.79 Å². The quantitative estimate of drug-likeness (QED) is 0.192. The van der Waals surface area contributed by atoms with Gasteiger partial charge in [0.15, 0.2) is 0 Å². The average molecular weight is 365 g/mol. The fourth-order valence-corrected chi connectivity index (χ4v) is 2.63. The van der Waals surface area contributed by atoms with E-state index in [9.17, 15) is 4.79 Å². The van der Waals surface area contributed by atoms with E-state index in [4.69, 9.17) is 4.74 Å². The summed E-state index contributed by atoms with van der Waals surface area (Å²) in [6.45, 7) is 18.0. The summed E-state index contributed by atoms with van der Waals surface area (Å²) < 4.78 is 5.29. The monoisotopic (exact) mass is 365 g/mol. The minimum Gasteiger partial charge on any atom is -0.465 e. The topological polar surface area (TPSA) is 26.3 Å². The summed E-state index contributed by atoms with van der Waals surface area (Å²) in [5.74, 6) is -0.0827. The van der Waals surface area contributed by atoms with Crippen LogP contribution in [0, 0.1) is 10.8 Å². The third-order valence-electron chi connectivity index (χ3n) is 5.78. The number of carbonyl (C=O) groups is 1. The second-order valence-electron chi connectivity index (χ2n) is 10.5. The number of hydrogen-bond donors (Lipinski definition) is 0. The first kappa shape index (κ1) is 25.5. The molecule has 0 aromatic carbocycles. The minimum atomic E-state index is -0.375. The predicted molar refractivity (Wildman–Crippen MR) is 116 cm³/mol. The lowest BCUT2D eigenvalue weighted by molar-refractivity contribution is -0.153. The van der Waals surface area contributed by atoms with E-state index in [0.717, 1.165) is 6.42 Å². The van der Waals surface area contributed by atoms with Crippen LogP contribution >= 0.6 is 0 Å². The Morgan fingerprint density at radius 1 is 0.692 bits per heavy atom. The lowest BCUT2D eigenvalue weighted by Crippen LogP contribution is -2.28. The highest BCUT2D eigenvalue weighted by Crippen LogP contribution is 2.44. The van der Waals surface area contributed by atoms with Crippen molar-refractivity contribution in [3.8, 4) is 0 Å². The van der Waals surface area contributed by atoms with E-state index in [1.165, 1.54) is 57.7 Å². The highest BCUT2D eigenvalue weighted by Gasteiger charge is 2.32. The first-order chi connectivity index (χ1) is 11.9. The van der Waals surface area contributed by atoms with E-state index in [2.05, 4.69) is 41.9 Å². The van der Waals surface area contributed by atoms with Gasteiger partial charge in [0.05, 0.1) is 12.0 Å². The molecule has 0 saturated heterocycles. The molecule has 0 bridgehead atoms. The Morgan fingerprint density at radius 3 is 1.54 bits per heavy atom. The normalized spacial score (nSPS) is 12.9. The molecule has 3 heteroatoms. The van der Waals surface area contributed by atoms with Gasteiger partial charge in [-0.15, -0.1) is 0 Å². The maximum Gasteiger partial charge on any atom is 0.311 e. The summed E-state index contributed by atoms with van der Waals surface area (Å²) >= 11 is 0. The maximum absolute atomic E-state index is 11.6. The lowest BCUT2D eigenvalue weighted by atomic mass is 9.43. The van der Waals surface area contributed by atoms with Crippen molar-refractivity contribution in [2.45, 2.75) is 125 Å². The molecular formula is C23H46BO2. The molecule has 0 atom stereocenters. The van der Waals surface area contributed by atoms with Crippen LogP contribution in [0.15, 0.2) is 0 Å². The van der Waals surface area contributed by atoms with Crippen LogP contribution in [0.4, 0.5) is 0 Å². The molecule has 0 unspecified atom stereocenters. The SMILES string of the molecule is CC(C)(C)C(=O)OCCCCCCCCCCC[B]C(C)(C)C(C)(C)C. The Balaban J connectivity index is 3.39. The van der Waals surface area contributed by atoms with Gasteiger partial charge >= 0.3 is 5.97 Å². The molecule has 0 rings (SSSR count). The van der Waals surface area contributed by atoms with Gasteiger partial charge in [-0.2, -0.15) is 0 Å². The van der Waals surface area contributed by atoms with Crippen LogP contribution in [0.25, 0.3) is 0 Å². The summed E-state index contributed by atoms with van der Waals surface area (Å²) in [4.78, 5) is 11.6. The van der Waals surface area contributed by atoms with Gasteiger partial charge in [0.1, 0.15) is 7.28 Å². The molecule has 2 nitrogen and oxygen atoms in total. The zero-order valence-corrected chi connectivity index (χ0v) is 19.2. The number of hydrogen-bond acceptors (Lipinski definition) is 2. The first-order valence-electron chi connectivity index (χ1n) is 10.9. The smallest absolute Gasteiger partial charge is 0.311 e. The second-order valence-corrected chi connectivity index (χ2v) is 10.5. The molecule has 0 aliphatic rings. The van der Waals surface area contributed by atoms with Crippen LogP contribution in [0.5, 0.6) is 0 Å². The Kier molecular flexibility index (Phi) is 11.9. The van der Waals surface area contributed by atoms with Gasteiger partial charge in [-0.25, -0.2) is 0 Å². The Bertz CT molecular complexity index is 375. The van der Waals surface area contributed by atoms with Crippen LogP contribution in [-0.2, 0) is 9.53 Å². The molecule has 0 aromatic rings. The van der Waals surface area contributed by atoms with Crippen molar-refractivity contribution in [2.75, 3.05) is 6.61 Å². The third-order valence-corrected chi connectivity index (χ3v) is 5.78. The van der Waals surface area contributed by atoms with Crippen molar-refractivity contribution in [3.63, 3.8) is 0 Å². The van der Waals surface area contributed by atoms with Crippen molar-refractivity contribution < 1.29 is 9.53 Å². The molecule has 0 amide bonds. The molecule has 0 saturated carbocycles. The van der Waals surface area contributed by atoms with Crippen LogP contribution in [-0.4, -0.2) is 19.9 Å². The van der Waals surface area contributed by atoms with E-state index in [1.807, 2.05) is 20.8 Å². The molecule has 0 fully saturated rings. The maximum atomic E-state index is 11.6. The Hall–Kier alpha value is -0.465. The molecule has 0 N–H and O–H groups in total. The summed E-state index contributed by atoms with van der Waals surface area (Å²) in [6.07, 6.45) is 12.8. The van der Waals surface area contributed by atoms with Crippen molar-refractivity contribution in [3.05, 3.63) is 0 Å². The number of carbonyl (C=O) groups excluding carboxylic acids is 1. The van der Waals surface area contributed by atoms with Gasteiger partial charge in [-0.05, 0) is 32.6 Å². The molecule has 0 aromatic heterocycles. The van der Waals surface area contributed by atoms with Gasteiger partial charge in [0.25, 0.3) is 0 Å². The van der Waals surface area contributed by atoms with Crippen LogP contribution in [0.2, 0.25) is 11.6 Å². The van der Waals surface area contributed by atoms with E-state index >= 15 is 0 Å². The molecule has 0 aliphatic carbocycles. The average Bonchev–Trinajstić information content (AvgIpc) is 2.49. The van der Waals surface area contributed by atoms with Crippen molar-refractivity contribution in [1.82, 2.24) is 0 Å². The second kappa shape index (κ2) is 12.1. The zero-order chi connectivity index (χ0) is 20.3. The summed E-state index contributed by atoms with van der Waals surface area (Å²) in [6, 6.07) is 0. The molecule has 0 spiro atoms. The summed E-state index contributed by atoms with van der Waals surface area (Å²) in [7, 11) is 2.53. The van der Waals surface area contributed by atoms with Gasteiger partial charge in [0, 0.05) is 0 Å². The molecular weight excluding hydrogens is 319 g/mol. The third kappa shape index (κ3) is 12.0. The number of esters is 1. The van der Waals surface area contributed by atoms with E-state index in [-0.39, 0.29) is 11.4 Å². The highest BCUT2D eigenvalue weighted by atomic mass is 16.5. The summed E-state index contributed by atoms with van der Waals surface area (Å²) in [5.41, 5.74) is -0.0294. The molecule has 0 heterocycles. The minimum absolute atomic E-state index is 0.0827. The van der Waals surface area contributed by atoms with Crippen molar-refractivity contribution >= 4 is 13.2 Å². The van der Waals surface area contributed by atoms with E-state index < -0.39 is 0 Å². The fourth-order valence-electron chi connectivity index (χ4n) is 2.63. The van der Waals surface area contributed by atoms with Crippen LogP contribution in [0.3, 0.4) is 0 Å². The van der Waals surface area contributed by atoms with Crippen LogP contribution < -0.4 is 0 Å². The Morgan fingerprint density at radius 2 is 1.12 bits per heavy atom. The van der Waals surface area contributed by atoms with Crippen LogP contribution in [0.1, 0.15) is 113 Å². The largest absolute Gasteiger partial charge is 0.465 e. The number of ether oxygens (including phenoxy) is 1. The predicted octanol–water partition coefficient (Wildman–Crippen LogP) is 7.45. The van der Waals surface area contributed by atoms with E-state index in [0.29, 0.717) is 17.3 Å². The standard InChI is InChI=1S/C23H46BO2/c1-21(2,3)20(25)26-19-17-15-13-11-9-10-12-14-16-18-24-23(7,8)22(4,5)6/h9-19H2,1-8H3. The van der Waals surface area contributed by atoms with Gasteiger partial charge in [0.2, 0.25) is 0 Å². The lowest BCUT2D eigenvalue weighted by Gasteiger charge is -2.38. The summed E-state index contributed by atoms with van der Waals surface area (Å²) in [5, 5.41) is 0.314. The number of rotatable bonds is 13. The molecule has 1 radical (unpaired) electrons. The molecule has 153 valence electrons. The number of unbranched alkanes of at least 4 members (excludes halogenated alkanes) is 8. The highest BCUT2D eigenvalue weighted by molar-refractivity contribution is 6.40. The molecule has 0 aliphatic heterocycles. The van der Waals surface area contributed by atoms with Gasteiger partial charge < -0.3 is 4.74 Å².